The fraction of sp³-hybridized carbons (Fsp3) is 0.692. The van der Waals surface area contributed by atoms with E-state index < -0.39 is 0 Å². The van der Waals surface area contributed by atoms with Gasteiger partial charge in [-0.25, -0.2) is 0 Å². The van der Waals surface area contributed by atoms with Gasteiger partial charge in [-0.05, 0) is 45.2 Å². The number of aromatic nitrogens is 2. The predicted octanol–water partition coefficient (Wildman–Crippen LogP) is 1.87. The van der Waals surface area contributed by atoms with Crippen molar-refractivity contribution >= 4 is 24.0 Å². The minimum absolute atomic E-state index is 0. The lowest BCUT2D eigenvalue weighted by Crippen LogP contribution is -2.28. The Morgan fingerprint density at radius 3 is 2.79 bits per heavy atom. The first-order chi connectivity index (χ1) is 8.66. The summed E-state index contributed by atoms with van der Waals surface area (Å²) in [5, 5.41) is 10.4. The summed E-state index contributed by atoms with van der Waals surface area (Å²) < 4.78 is 1.77. The van der Waals surface area contributed by atoms with Gasteiger partial charge in [0.15, 0.2) is 0 Å². The lowest BCUT2D eigenvalue weighted by atomic mass is 9.93. The van der Waals surface area contributed by atoms with E-state index in [4.69, 9.17) is 0 Å². The van der Waals surface area contributed by atoms with E-state index in [0.717, 1.165) is 30.9 Å². The number of anilines is 1. The maximum absolute atomic E-state index is 11.9. The highest BCUT2D eigenvalue weighted by Crippen LogP contribution is 2.19. The van der Waals surface area contributed by atoms with Gasteiger partial charge in [0.2, 0.25) is 5.91 Å². The molecule has 1 aliphatic rings. The van der Waals surface area contributed by atoms with Crippen LogP contribution in [0.4, 0.5) is 5.69 Å². The highest BCUT2D eigenvalue weighted by atomic mass is 35.5. The lowest BCUT2D eigenvalue weighted by Gasteiger charge is -2.22. The molecule has 1 aliphatic heterocycles. The number of nitrogens with zero attached hydrogens (tertiary/aromatic N) is 2. The molecule has 2 heterocycles. The fourth-order valence-corrected chi connectivity index (χ4v) is 2.34. The Balaban J connectivity index is 0.00000180. The number of nitrogens with one attached hydrogen (secondary N) is 2. The topological polar surface area (TPSA) is 59.0 Å². The Morgan fingerprint density at radius 1 is 1.53 bits per heavy atom. The molecule has 6 heteroatoms. The first kappa shape index (κ1) is 16.0. The SMILES string of the molecule is Cc1c(NC(=O)CCC2CCNCC2)cnn1C.Cl. The second-order valence-electron chi connectivity index (χ2n) is 5.05. The smallest absolute Gasteiger partial charge is 0.224 e. The number of amides is 1. The van der Waals surface area contributed by atoms with Crippen LogP contribution in [0.1, 0.15) is 31.4 Å². The molecule has 2 N–H and O–H groups in total. The summed E-state index contributed by atoms with van der Waals surface area (Å²) in [5.41, 5.74) is 1.82. The Bertz CT molecular complexity index is 413. The van der Waals surface area contributed by atoms with E-state index in [0.29, 0.717) is 12.3 Å². The van der Waals surface area contributed by atoms with E-state index in [1.165, 1.54) is 12.8 Å². The molecule has 108 valence electrons. The van der Waals surface area contributed by atoms with E-state index in [-0.39, 0.29) is 18.3 Å². The van der Waals surface area contributed by atoms with Crippen LogP contribution in [-0.2, 0) is 11.8 Å². The highest BCUT2D eigenvalue weighted by Gasteiger charge is 2.15. The van der Waals surface area contributed by atoms with Crippen molar-refractivity contribution in [3.63, 3.8) is 0 Å². The summed E-state index contributed by atoms with van der Waals surface area (Å²) in [5.74, 6) is 0.802. The molecule has 1 fully saturated rings. The molecule has 1 saturated heterocycles. The molecule has 0 saturated carbocycles. The number of carbonyl (C=O) groups is 1. The van der Waals surface area contributed by atoms with Crippen molar-refractivity contribution in [2.45, 2.75) is 32.6 Å². The summed E-state index contributed by atoms with van der Waals surface area (Å²) in [4.78, 5) is 11.9. The summed E-state index contributed by atoms with van der Waals surface area (Å²) >= 11 is 0. The van der Waals surface area contributed by atoms with Crippen LogP contribution in [0.15, 0.2) is 6.20 Å². The van der Waals surface area contributed by atoms with Crippen molar-refractivity contribution in [3.05, 3.63) is 11.9 Å². The Kier molecular flexibility index (Phi) is 6.31. The summed E-state index contributed by atoms with van der Waals surface area (Å²) in [6, 6.07) is 0. The Labute approximate surface area is 120 Å². The molecule has 1 amide bonds. The van der Waals surface area contributed by atoms with Gasteiger partial charge in [0.1, 0.15) is 0 Å². The van der Waals surface area contributed by atoms with Crippen LogP contribution >= 0.6 is 12.4 Å². The van der Waals surface area contributed by atoms with Crippen molar-refractivity contribution in [3.8, 4) is 0 Å². The predicted molar refractivity (Wildman–Crippen MR) is 78.7 cm³/mol. The van der Waals surface area contributed by atoms with Crippen LogP contribution in [0, 0.1) is 12.8 Å². The van der Waals surface area contributed by atoms with Crippen molar-refractivity contribution in [2.24, 2.45) is 13.0 Å². The fourth-order valence-electron chi connectivity index (χ4n) is 2.34. The van der Waals surface area contributed by atoms with Gasteiger partial charge in [-0.1, -0.05) is 0 Å². The number of hydrogen-bond acceptors (Lipinski definition) is 3. The van der Waals surface area contributed by atoms with Gasteiger partial charge in [0, 0.05) is 13.5 Å². The van der Waals surface area contributed by atoms with Gasteiger partial charge < -0.3 is 10.6 Å². The summed E-state index contributed by atoms with van der Waals surface area (Å²) in [6.07, 6.45) is 5.70. The van der Waals surface area contributed by atoms with E-state index in [9.17, 15) is 4.79 Å². The van der Waals surface area contributed by atoms with Gasteiger partial charge >= 0.3 is 0 Å². The zero-order valence-corrected chi connectivity index (χ0v) is 12.4. The number of rotatable bonds is 4. The van der Waals surface area contributed by atoms with Crippen LogP contribution in [0.25, 0.3) is 0 Å². The van der Waals surface area contributed by atoms with E-state index in [1.807, 2.05) is 14.0 Å². The maximum atomic E-state index is 11.9. The minimum Gasteiger partial charge on any atom is -0.323 e. The van der Waals surface area contributed by atoms with Gasteiger partial charge in [0.25, 0.3) is 0 Å². The quantitative estimate of drug-likeness (QED) is 0.888. The van der Waals surface area contributed by atoms with E-state index >= 15 is 0 Å². The Morgan fingerprint density at radius 2 is 2.21 bits per heavy atom. The normalized spacial score (nSPS) is 15.9. The van der Waals surface area contributed by atoms with Crippen molar-refractivity contribution < 1.29 is 4.79 Å². The molecular formula is C13H23ClN4O. The third kappa shape index (κ3) is 4.51. The molecule has 19 heavy (non-hydrogen) atoms. The first-order valence-electron chi connectivity index (χ1n) is 6.66. The molecule has 0 aromatic carbocycles. The lowest BCUT2D eigenvalue weighted by molar-refractivity contribution is -0.116. The summed E-state index contributed by atoms with van der Waals surface area (Å²) in [6.45, 7) is 4.14. The average Bonchev–Trinajstić information content (AvgIpc) is 2.70. The van der Waals surface area contributed by atoms with Crippen molar-refractivity contribution in [1.82, 2.24) is 15.1 Å². The molecule has 0 bridgehead atoms. The number of piperidine rings is 1. The zero-order chi connectivity index (χ0) is 13.0. The third-order valence-corrected chi connectivity index (χ3v) is 3.75. The largest absolute Gasteiger partial charge is 0.323 e. The first-order valence-corrected chi connectivity index (χ1v) is 6.66. The van der Waals surface area contributed by atoms with Crippen LogP contribution in [0.3, 0.4) is 0 Å². The molecule has 0 atom stereocenters. The molecule has 1 aromatic heterocycles. The molecule has 0 unspecified atom stereocenters. The van der Waals surface area contributed by atoms with Crippen LogP contribution in [0.2, 0.25) is 0 Å². The highest BCUT2D eigenvalue weighted by molar-refractivity contribution is 5.91. The molecule has 2 rings (SSSR count). The summed E-state index contributed by atoms with van der Waals surface area (Å²) in [7, 11) is 1.88. The molecule has 0 radical (unpaired) electrons. The second-order valence-corrected chi connectivity index (χ2v) is 5.05. The molecule has 0 spiro atoms. The average molecular weight is 287 g/mol. The van der Waals surface area contributed by atoms with Crippen molar-refractivity contribution in [2.75, 3.05) is 18.4 Å². The van der Waals surface area contributed by atoms with Crippen LogP contribution in [0.5, 0.6) is 0 Å². The molecular weight excluding hydrogens is 264 g/mol. The van der Waals surface area contributed by atoms with Crippen LogP contribution < -0.4 is 10.6 Å². The van der Waals surface area contributed by atoms with Gasteiger partial charge in [-0.15, -0.1) is 12.4 Å². The molecule has 0 aliphatic carbocycles. The second kappa shape index (κ2) is 7.50. The van der Waals surface area contributed by atoms with Gasteiger partial charge in [-0.2, -0.15) is 5.10 Å². The molecule has 1 aromatic rings. The van der Waals surface area contributed by atoms with Crippen molar-refractivity contribution in [1.29, 1.82) is 0 Å². The Hall–Kier alpha value is -1.07. The van der Waals surface area contributed by atoms with Crippen LogP contribution in [-0.4, -0.2) is 28.8 Å². The van der Waals surface area contributed by atoms with Gasteiger partial charge in [-0.3, -0.25) is 9.48 Å². The number of hydrogen-bond donors (Lipinski definition) is 2. The standard InChI is InChI=1S/C13H22N4O.ClH/c1-10-12(9-15-17(10)2)16-13(18)4-3-11-5-7-14-8-6-11;/h9,11,14H,3-8H2,1-2H3,(H,16,18);1H. The van der Waals surface area contributed by atoms with E-state index in [1.54, 1.807) is 10.9 Å². The number of carbonyl (C=O) groups excluding carboxylic acids is 1. The molecule has 5 nitrogen and oxygen atoms in total. The minimum atomic E-state index is 0. The van der Waals surface area contributed by atoms with Gasteiger partial charge in [0.05, 0.1) is 17.6 Å². The zero-order valence-electron chi connectivity index (χ0n) is 11.6. The number of halogens is 1. The third-order valence-electron chi connectivity index (χ3n) is 3.75. The maximum Gasteiger partial charge on any atom is 0.224 e. The number of aryl methyl sites for hydroxylation is 1. The monoisotopic (exact) mass is 286 g/mol. The van der Waals surface area contributed by atoms with E-state index in [2.05, 4.69) is 15.7 Å².